The van der Waals surface area contributed by atoms with Crippen LogP contribution >= 0.6 is 27.5 Å². The van der Waals surface area contributed by atoms with Gasteiger partial charge in [0.25, 0.3) is 0 Å². The zero-order valence-electron chi connectivity index (χ0n) is 10.8. The van der Waals surface area contributed by atoms with E-state index in [9.17, 15) is 5.26 Å². The fourth-order valence-corrected chi connectivity index (χ4v) is 3.51. The molecule has 0 aliphatic heterocycles. The van der Waals surface area contributed by atoms with Crippen molar-refractivity contribution in [2.75, 3.05) is 0 Å². The van der Waals surface area contributed by atoms with Crippen LogP contribution in [-0.4, -0.2) is 9.78 Å². The van der Waals surface area contributed by atoms with Gasteiger partial charge >= 0.3 is 0 Å². The maximum atomic E-state index is 9.39. The summed E-state index contributed by atoms with van der Waals surface area (Å²) in [5.41, 5.74) is 2.23. The van der Waals surface area contributed by atoms with Crippen LogP contribution in [0.5, 0.6) is 0 Å². The highest BCUT2D eigenvalue weighted by molar-refractivity contribution is 9.10. The van der Waals surface area contributed by atoms with E-state index >= 15 is 0 Å². The Balaban J connectivity index is 2.14. The largest absolute Gasteiger partial charge is 0.219 e. The fourth-order valence-electron chi connectivity index (χ4n) is 2.78. The quantitative estimate of drug-likeness (QED) is 0.779. The lowest BCUT2D eigenvalue weighted by Crippen LogP contribution is -2.00. The van der Waals surface area contributed by atoms with Crippen molar-refractivity contribution in [3.8, 4) is 11.8 Å². The van der Waals surface area contributed by atoms with Crippen molar-refractivity contribution >= 4 is 27.5 Å². The van der Waals surface area contributed by atoms with Gasteiger partial charge in [-0.3, -0.25) is 0 Å². The number of benzene rings is 1. The van der Waals surface area contributed by atoms with E-state index in [1.807, 2.05) is 24.3 Å². The van der Waals surface area contributed by atoms with E-state index in [-0.39, 0.29) is 0 Å². The molecule has 0 bridgehead atoms. The first-order valence-electron chi connectivity index (χ1n) is 6.65. The summed E-state index contributed by atoms with van der Waals surface area (Å²) in [6, 6.07) is 9.96. The van der Waals surface area contributed by atoms with Crippen molar-refractivity contribution < 1.29 is 0 Å². The van der Waals surface area contributed by atoms with Crippen molar-refractivity contribution in [3.05, 3.63) is 45.1 Å². The first-order chi connectivity index (χ1) is 9.72. The summed E-state index contributed by atoms with van der Waals surface area (Å²) in [5, 5.41) is 14.4. The number of rotatable bonds is 2. The average molecular weight is 351 g/mol. The van der Waals surface area contributed by atoms with Gasteiger partial charge in [0.1, 0.15) is 11.6 Å². The predicted molar refractivity (Wildman–Crippen MR) is 82.2 cm³/mol. The second-order valence-corrected chi connectivity index (χ2v) is 6.22. The zero-order chi connectivity index (χ0) is 14.1. The molecule has 0 radical (unpaired) electrons. The Hall–Kier alpha value is -1.31. The molecule has 1 aromatic carbocycles. The highest BCUT2D eigenvalue weighted by atomic mass is 79.9. The SMILES string of the molecule is N#Cc1c(C2CCCC2)nn(-c2ccccc2Br)c1Cl. The van der Waals surface area contributed by atoms with Crippen LogP contribution in [-0.2, 0) is 0 Å². The summed E-state index contributed by atoms with van der Waals surface area (Å²) >= 11 is 9.88. The first-order valence-corrected chi connectivity index (χ1v) is 7.83. The van der Waals surface area contributed by atoms with Gasteiger partial charge in [0.15, 0.2) is 5.15 Å². The van der Waals surface area contributed by atoms with Gasteiger partial charge in [-0.2, -0.15) is 10.4 Å². The number of nitrogens with zero attached hydrogens (tertiary/aromatic N) is 3. The molecule has 0 spiro atoms. The number of hydrogen-bond acceptors (Lipinski definition) is 2. The number of nitriles is 1. The van der Waals surface area contributed by atoms with E-state index in [0.717, 1.165) is 28.7 Å². The average Bonchev–Trinajstić information content (AvgIpc) is 3.07. The Kier molecular flexibility index (Phi) is 3.82. The molecule has 3 nitrogen and oxygen atoms in total. The maximum absolute atomic E-state index is 9.39. The summed E-state index contributed by atoms with van der Waals surface area (Å²) in [6.45, 7) is 0. The number of aromatic nitrogens is 2. The molecule has 0 atom stereocenters. The molecule has 1 aliphatic carbocycles. The summed E-state index contributed by atoms with van der Waals surface area (Å²) in [6.07, 6.45) is 4.60. The summed E-state index contributed by atoms with van der Waals surface area (Å²) < 4.78 is 2.57. The number of para-hydroxylation sites is 1. The van der Waals surface area contributed by atoms with E-state index < -0.39 is 0 Å². The third-order valence-corrected chi connectivity index (χ3v) is 4.81. The highest BCUT2D eigenvalue weighted by Gasteiger charge is 2.27. The monoisotopic (exact) mass is 349 g/mol. The molecule has 0 amide bonds. The Morgan fingerprint density at radius 1 is 1.30 bits per heavy atom. The van der Waals surface area contributed by atoms with Crippen LogP contribution in [0, 0.1) is 11.3 Å². The van der Waals surface area contributed by atoms with E-state index in [0.29, 0.717) is 16.6 Å². The zero-order valence-corrected chi connectivity index (χ0v) is 13.2. The number of halogens is 2. The van der Waals surface area contributed by atoms with E-state index in [1.54, 1.807) is 4.68 Å². The molecule has 0 N–H and O–H groups in total. The molecule has 20 heavy (non-hydrogen) atoms. The van der Waals surface area contributed by atoms with Gasteiger partial charge in [0.05, 0.1) is 11.4 Å². The van der Waals surface area contributed by atoms with Crippen molar-refractivity contribution in [2.24, 2.45) is 0 Å². The molecule has 1 aromatic heterocycles. The molecule has 102 valence electrons. The Bertz CT molecular complexity index is 681. The van der Waals surface area contributed by atoms with Crippen molar-refractivity contribution in [2.45, 2.75) is 31.6 Å². The molecule has 0 saturated heterocycles. The topological polar surface area (TPSA) is 41.6 Å². The lowest BCUT2D eigenvalue weighted by atomic mass is 10.0. The number of hydrogen-bond donors (Lipinski definition) is 0. The molecular formula is C15H13BrClN3. The normalized spacial score (nSPS) is 15.4. The van der Waals surface area contributed by atoms with E-state index in [2.05, 4.69) is 27.1 Å². The maximum Gasteiger partial charge on any atom is 0.151 e. The van der Waals surface area contributed by atoms with Crippen LogP contribution in [0.2, 0.25) is 5.15 Å². The second kappa shape index (κ2) is 5.59. The van der Waals surface area contributed by atoms with Crippen LogP contribution in [0.3, 0.4) is 0 Å². The van der Waals surface area contributed by atoms with E-state index in [4.69, 9.17) is 11.6 Å². The minimum absolute atomic E-state index is 0.367. The summed E-state index contributed by atoms with van der Waals surface area (Å²) in [7, 11) is 0. The molecule has 0 unspecified atom stereocenters. The molecule has 1 saturated carbocycles. The van der Waals surface area contributed by atoms with Gasteiger partial charge in [0.2, 0.25) is 0 Å². The van der Waals surface area contributed by atoms with Gasteiger partial charge in [-0.1, -0.05) is 36.6 Å². The Labute approximate surface area is 131 Å². The standard InChI is InChI=1S/C15H13BrClN3/c16-12-7-3-4-8-13(12)20-15(17)11(9-18)14(19-20)10-5-1-2-6-10/h3-4,7-8,10H,1-2,5-6H2. The lowest BCUT2D eigenvalue weighted by molar-refractivity contribution is 0.677. The van der Waals surface area contributed by atoms with Crippen LogP contribution in [0.15, 0.2) is 28.7 Å². The fraction of sp³-hybridized carbons (Fsp3) is 0.333. The highest BCUT2D eigenvalue weighted by Crippen LogP contribution is 2.38. The van der Waals surface area contributed by atoms with Gasteiger partial charge in [-0.15, -0.1) is 0 Å². The van der Waals surface area contributed by atoms with Gasteiger partial charge in [-0.05, 0) is 40.9 Å². The summed E-state index contributed by atoms with van der Waals surface area (Å²) in [4.78, 5) is 0. The molecule has 2 aromatic rings. The van der Waals surface area contributed by atoms with Gasteiger partial charge in [0, 0.05) is 10.4 Å². The molecule has 1 fully saturated rings. The Morgan fingerprint density at radius 3 is 2.65 bits per heavy atom. The smallest absolute Gasteiger partial charge is 0.151 e. The minimum Gasteiger partial charge on any atom is -0.219 e. The van der Waals surface area contributed by atoms with Gasteiger partial charge in [-0.25, -0.2) is 4.68 Å². The molecular weight excluding hydrogens is 338 g/mol. The molecule has 1 heterocycles. The molecule has 1 aliphatic rings. The lowest BCUT2D eigenvalue weighted by Gasteiger charge is -2.06. The molecule has 3 rings (SSSR count). The summed E-state index contributed by atoms with van der Waals surface area (Å²) in [5.74, 6) is 0.367. The minimum atomic E-state index is 0.367. The van der Waals surface area contributed by atoms with E-state index in [1.165, 1.54) is 12.8 Å². The van der Waals surface area contributed by atoms with Crippen LogP contribution in [0.25, 0.3) is 5.69 Å². The second-order valence-electron chi connectivity index (χ2n) is 5.01. The van der Waals surface area contributed by atoms with Crippen molar-refractivity contribution in [1.29, 1.82) is 5.26 Å². The van der Waals surface area contributed by atoms with Crippen molar-refractivity contribution in [1.82, 2.24) is 9.78 Å². The third-order valence-electron chi connectivity index (χ3n) is 3.79. The van der Waals surface area contributed by atoms with Crippen LogP contribution < -0.4 is 0 Å². The predicted octanol–water partition coefficient (Wildman–Crippen LogP) is 4.82. The first kappa shape index (κ1) is 13.7. The van der Waals surface area contributed by atoms with Crippen LogP contribution in [0.1, 0.15) is 42.9 Å². The van der Waals surface area contributed by atoms with Crippen LogP contribution in [0.4, 0.5) is 0 Å². The molecule has 5 heteroatoms. The van der Waals surface area contributed by atoms with Crippen molar-refractivity contribution in [3.63, 3.8) is 0 Å². The van der Waals surface area contributed by atoms with Gasteiger partial charge < -0.3 is 0 Å². The third kappa shape index (κ3) is 2.25. The Morgan fingerprint density at radius 2 is 2.00 bits per heavy atom.